The Balaban J connectivity index is 1.48. The molecule has 0 fully saturated rings. The van der Waals surface area contributed by atoms with Crippen molar-refractivity contribution in [3.05, 3.63) is 88.6 Å². The van der Waals surface area contributed by atoms with E-state index in [2.05, 4.69) is 9.98 Å². The number of ether oxygens (including phenoxy) is 1. The highest BCUT2D eigenvalue weighted by Gasteiger charge is 2.42. The zero-order chi connectivity index (χ0) is 29.7. The molecule has 41 heavy (non-hydrogen) atoms. The fourth-order valence-corrected chi connectivity index (χ4v) is 5.74. The Morgan fingerprint density at radius 2 is 1.88 bits per heavy atom. The zero-order valence-corrected chi connectivity index (χ0v) is 23.0. The number of hydrogen-bond acceptors (Lipinski definition) is 8. The Morgan fingerprint density at radius 3 is 2.51 bits per heavy atom. The van der Waals surface area contributed by atoms with Crippen LogP contribution in [0.2, 0.25) is 0 Å². The van der Waals surface area contributed by atoms with Gasteiger partial charge in [-0.15, -0.1) is 0 Å². The molecule has 0 spiro atoms. The van der Waals surface area contributed by atoms with Gasteiger partial charge in [-0.1, -0.05) is 18.2 Å². The summed E-state index contributed by atoms with van der Waals surface area (Å²) in [5.74, 6) is -1.70. The SMILES string of the molecule is CC1=NC(=O)N(CCCN(C)S(=O)(=O)c2ccc(Oc3ccccn3)cc2)C(c2cccc([N+](=O)[O-])c2)C1C(=O)O. The second-order valence-corrected chi connectivity index (χ2v) is 11.3. The first kappa shape index (κ1) is 29.3. The van der Waals surface area contributed by atoms with Crippen LogP contribution in [-0.2, 0) is 14.8 Å². The summed E-state index contributed by atoms with van der Waals surface area (Å²) in [6.07, 6.45) is 1.72. The van der Waals surface area contributed by atoms with Gasteiger partial charge in [0.2, 0.25) is 15.9 Å². The molecule has 1 aliphatic rings. The van der Waals surface area contributed by atoms with Crippen LogP contribution in [-0.4, -0.2) is 70.5 Å². The van der Waals surface area contributed by atoms with E-state index >= 15 is 0 Å². The second kappa shape index (κ2) is 12.2. The number of carbonyl (C=O) groups excluding carboxylic acids is 1. The number of nitro groups is 1. The van der Waals surface area contributed by atoms with Crippen molar-refractivity contribution in [1.82, 2.24) is 14.2 Å². The number of carboxylic acids is 1. The summed E-state index contributed by atoms with van der Waals surface area (Å²) in [5, 5.41) is 21.3. The summed E-state index contributed by atoms with van der Waals surface area (Å²) in [5.41, 5.74) is 0.0927. The Kier molecular flexibility index (Phi) is 8.74. The van der Waals surface area contributed by atoms with Gasteiger partial charge in [-0.25, -0.2) is 27.5 Å². The van der Waals surface area contributed by atoms with Crippen molar-refractivity contribution < 1.29 is 32.8 Å². The highest BCUT2D eigenvalue weighted by atomic mass is 32.2. The molecule has 214 valence electrons. The number of nitrogens with zero attached hydrogens (tertiary/aromatic N) is 5. The quantitative estimate of drug-likeness (QED) is 0.258. The van der Waals surface area contributed by atoms with Crippen LogP contribution in [0.3, 0.4) is 0 Å². The Hall–Kier alpha value is -4.69. The maximum absolute atomic E-state index is 13.1. The van der Waals surface area contributed by atoms with Crippen molar-refractivity contribution in [3.8, 4) is 11.6 Å². The Bertz CT molecular complexity index is 1580. The number of pyridine rings is 1. The van der Waals surface area contributed by atoms with Gasteiger partial charge < -0.3 is 14.7 Å². The van der Waals surface area contributed by atoms with Crippen LogP contribution in [0.1, 0.15) is 24.9 Å². The molecular weight excluding hydrogens is 554 g/mol. The van der Waals surface area contributed by atoms with Gasteiger partial charge in [0.15, 0.2) is 0 Å². The molecule has 0 saturated carbocycles. The lowest BCUT2D eigenvalue weighted by molar-refractivity contribution is -0.385. The molecule has 0 aliphatic carbocycles. The van der Waals surface area contributed by atoms with Gasteiger partial charge in [-0.3, -0.25) is 14.9 Å². The van der Waals surface area contributed by atoms with E-state index in [0.717, 1.165) is 4.31 Å². The molecular formula is C27H27N5O8S. The molecule has 2 aromatic carbocycles. The number of non-ortho nitro benzene ring substituents is 1. The number of sulfonamides is 1. The Labute approximate surface area is 235 Å². The predicted molar refractivity (Wildman–Crippen MR) is 147 cm³/mol. The topological polar surface area (TPSA) is 173 Å². The zero-order valence-electron chi connectivity index (χ0n) is 22.2. The van der Waals surface area contributed by atoms with E-state index in [-0.39, 0.29) is 41.4 Å². The van der Waals surface area contributed by atoms with Crippen LogP contribution < -0.4 is 4.74 Å². The van der Waals surface area contributed by atoms with Gasteiger partial charge in [-0.2, -0.15) is 0 Å². The van der Waals surface area contributed by atoms with Gasteiger partial charge in [0.05, 0.1) is 15.9 Å². The monoisotopic (exact) mass is 581 g/mol. The van der Waals surface area contributed by atoms with Crippen LogP contribution in [0.5, 0.6) is 11.6 Å². The molecule has 2 atom stereocenters. The fourth-order valence-electron chi connectivity index (χ4n) is 4.53. The maximum Gasteiger partial charge on any atom is 0.344 e. The molecule has 1 N–H and O–H groups in total. The first-order valence-corrected chi connectivity index (χ1v) is 13.9. The maximum atomic E-state index is 13.1. The van der Waals surface area contributed by atoms with Crippen molar-refractivity contribution in [2.75, 3.05) is 20.1 Å². The lowest BCUT2D eigenvalue weighted by Gasteiger charge is -2.38. The number of nitro benzene ring substituents is 1. The van der Waals surface area contributed by atoms with Crippen molar-refractivity contribution >= 4 is 33.4 Å². The van der Waals surface area contributed by atoms with Crippen LogP contribution in [0.25, 0.3) is 0 Å². The van der Waals surface area contributed by atoms with E-state index in [9.17, 15) is 33.2 Å². The number of aliphatic imine (C=N–C) groups is 1. The normalized spacial score (nSPS) is 17.3. The van der Waals surface area contributed by atoms with Crippen LogP contribution in [0.15, 0.2) is 82.8 Å². The molecule has 2 heterocycles. The third-order valence-electron chi connectivity index (χ3n) is 6.57. The summed E-state index contributed by atoms with van der Waals surface area (Å²) in [6, 6.07) is 14.7. The smallest absolute Gasteiger partial charge is 0.344 e. The lowest BCUT2D eigenvalue weighted by Crippen LogP contribution is -2.47. The van der Waals surface area contributed by atoms with Crippen molar-refractivity contribution in [1.29, 1.82) is 0 Å². The third-order valence-corrected chi connectivity index (χ3v) is 8.44. The molecule has 0 bridgehead atoms. The van der Waals surface area contributed by atoms with Gasteiger partial charge in [0, 0.05) is 50.2 Å². The highest BCUT2D eigenvalue weighted by molar-refractivity contribution is 7.89. The third kappa shape index (κ3) is 6.56. The fraction of sp³-hybridized carbons (Fsp3) is 0.259. The number of rotatable bonds is 11. The number of aromatic nitrogens is 1. The summed E-state index contributed by atoms with van der Waals surface area (Å²) >= 11 is 0. The molecule has 2 unspecified atom stereocenters. The summed E-state index contributed by atoms with van der Waals surface area (Å²) in [7, 11) is -2.50. The molecule has 1 aliphatic heterocycles. The predicted octanol–water partition coefficient (Wildman–Crippen LogP) is 4.13. The number of hydrogen-bond donors (Lipinski definition) is 1. The van der Waals surface area contributed by atoms with E-state index in [0.29, 0.717) is 11.6 Å². The summed E-state index contributed by atoms with van der Waals surface area (Å²) in [6.45, 7) is 1.38. The lowest BCUT2D eigenvalue weighted by atomic mass is 9.86. The van der Waals surface area contributed by atoms with Gasteiger partial charge in [0.1, 0.15) is 11.7 Å². The second-order valence-electron chi connectivity index (χ2n) is 9.26. The number of amides is 2. The first-order chi connectivity index (χ1) is 19.5. The van der Waals surface area contributed by atoms with Crippen LogP contribution in [0, 0.1) is 16.0 Å². The van der Waals surface area contributed by atoms with Crippen molar-refractivity contribution in [2.24, 2.45) is 10.9 Å². The standard InChI is InChI=1S/C27H27N5O8S/c1-18-24(26(33)34)25(19-7-5-8-20(17-19)32(36)37)31(27(35)29-18)16-6-15-30(2)41(38,39)22-12-10-21(11-13-22)40-23-9-3-4-14-28-23/h3-5,7-14,17,24-25H,6,15-16H2,1-2H3,(H,33,34). The highest BCUT2D eigenvalue weighted by Crippen LogP contribution is 2.36. The molecule has 1 aromatic heterocycles. The van der Waals surface area contributed by atoms with E-state index in [4.69, 9.17) is 4.74 Å². The van der Waals surface area contributed by atoms with Gasteiger partial charge >= 0.3 is 12.0 Å². The summed E-state index contributed by atoms with van der Waals surface area (Å²) in [4.78, 5) is 45.0. The minimum absolute atomic E-state index is 0.000389. The number of carboxylic acid groups (broad SMARTS) is 1. The van der Waals surface area contributed by atoms with Gasteiger partial charge in [-0.05, 0) is 49.2 Å². The average Bonchev–Trinajstić information content (AvgIpc) is 2.94. The summed E-state index contributed by atoms with van der Waals surface area (Å²) < 4.78 is 33.0. The van der Waals surface area contributed by atoms with Crippen LogP contribution in [0.4, 0.5) is 10.5 Å². The largest absolute Gasteiger partial charge is 0.481 e. The van der Waals surface area contributed by atoms with E-state index < -0.39 is 38.9 Å². The van der Waals surface area contributed by atoms with Crippen LogP contribution >= 0.6 is 0 Å². The molecule has 2 amide bonds. The minimum atomic E-state index is -3.90. The van der Waals surface area contributed by atoms with E-state index in [1.807, 2.05) is 0 Å². The number of aliphatic carboxylic acids is 1. The van der Waals surface area contributed by atoms with E-state index in [1.54, 1.807) is 24.4 Å². The molecule has 13 nitrogen and oxygen atoms in total. The minimum Gasteiger partial charge on any atom is -0.481 e. The van der Waals surface area contributed by atoms with Crippen molar-refractivity contribution in [2.45, 2.75) is 24.3 Å². The molecule has 4 rings (SSSR count). The average molecular weight is 582 g/mol. The van der Waals surface area contributed by atoms with Gasteiger partial charge in [0.25, 0.3) is 5.69 Å². The molecule has 14 heteroatoms. The number of benzene rings is 2. The Morgan fingerprint density at radius 1 is 1.15 bits per heavy atom. The first-order valence-electron chi connectivity index (χ1n) is 12.5. The molecule has 0 saturated heterocycles. The number of urea groups is 1. The van der Waals surface area contributed by atoms with E-state index in [1.165, 1.54) is 67.4 Å². The molecule has 0 radical (unpaired) electrons. The van der Waals surface area contributed by atoms with Crippen molar-refractivity contribution in [3.63, 3.8) is 0 Å². The molecule has 3 aromatic rings. The number of carbonyl (C=O) groups is 2.